The Morgan fingerprint density at radius 1 is 1.00 bits per heavy atom. The Morgan fingerprint density at radius 3 is 2.34 bits per heavy atom. The summed E-state index contributed by atoms with van der Waals surface area (Å²) in [5.41, 5.74) is 2.63. The predicted octanol–water partition coefficient (Wildman–Crippen LogP) is 4.40. The highest BCUT2D eigenvalue weighted by Gasteiger charge is 2.22. The largest absolute Gasteiger partial charge is 0.348 e. The zero-order chi connectivity index (χ0) is 21.0. The van der Waals surface area contributed by atoms with Gasteiger partial charge in [0.15, 0.2) is 0 Å². The van der Waals surface area contributed by atoms with E-state index in [9.17, 15) is 13.2 Å². The molecule has 0 aliphatic heterocycles. The van der Waals surface area contributed by atoms with E-state index in [2.05, 4.69) is 5.32 Å². The summed E-state index contributed by atoms with van der Waals surface area (Å²) in [5, 5.41) is 3.09. The lowest BCUT2D eigenvalue weighted by Gasteiger charge is -2.20. The molecule has 3 aromatic carbocycles. The van der Waals surface area contributed by atoms with Gasteiger partial charge in [0.1, 0.15) is 0 Å². The Kier molecular flexibility index (Phi) is 6.25. The van der Waals surface area contributed by atoms with Gasteiger partial charge in [-0.2, -0.15) is 0 Å². The van der Waals surface area contributed by atoms with E-state index in [1.807, 2.05) is 31.2 Å². The highest BCUT2D eigenvalue weighted by molar-refractivity contribution is 7.92. The lowest BCUT2D eigenvalue weighted by atomic mass is 10.1. The zero-order valence-electron chi connectivity index (χ0n) is 16.1. The molecule has 1 N–H and O–H groups in total. The van der Waals surface area contributed by atoms with Crippen LogP contribution in [0.1, 0.15) is 21.5 Å². The number of carbonyl (C=O) groups is 1. The van der Waals surface area contributed by atoms with Crippen LogP contribution in [0.4, 0.5) is 5.69 Å². The van der Waals surface area contributed by atoms with Crippen molar-refractivity contribution >= 4 is 33.2 Å². The number of nitrogens with zero attached hydrogens (tertiary/aromatic N) is 1. The highest BCUT2D eigenvalue weighted by atomic mass is 35.5. The fraction of sp³-hybridized carbons (Fsp3) is 0.136. The Balaban J connectivity index is 1.84. The Bertz CT molecular complexity index is 1130. The van der Waals surface area contributed by atoms with Gasteiger partial charge in [-0.3, -0.25) is 9.10 Å². The van der Waals surface area contributed by atoms with Gasteiger partial charge < -0.3 is 5.32 Å². The molecular weight excluding hydrogens is 408 g/mol. The molecular formula is C22H21ClN2O3S. The van der Waals surface area contributed by atoms with Crippen molar-refractivity contribution in [2.45, 2.75) is 18.4 Å². The third-order valence-corrected chi connectivity index (χ3v) is 6.79. The highest BCUT2D eigenvalue weighted by Crippen LogP contribution is 2.27. The summed E-state index contributed by atoms with van der Waals surface area (Å²) in [4.78, 5) is 12.9. The molecule has 1 amide bonds. The molecule has 0 fully saturated rings. The molecule has 3 rings (SSSR count). The summed E-state index contributed by atoms with van der Waals surface area (Å²) in [6.07, 6.45) is 0. The van der Waals surface area contributed by atoms with Crippen LogP contribution in [0, 0.1) is 6.92 Å². The monoisotopic (exact) mass is 428 g/mol. The van der Waals surface area contributed by atoms with Gasteiger partial charge in [0, 0.05) is 13.6 Å². The van der Waals surface area contributed by atoms with Crippen LogP contribution in [0.25, 0.3) is 0 Å². The van der Waals surface area contributed by atoms with Crippen molar-refractivity contribution in [3.63, 3.8) is 0 Å². The van der Waals surface area contributed by atoms with Crippen molar-refractivity contribution in [2.24, 2.45) is 0 Å². The second kappa shape index (κ2) is 8.68. The number of aryl methyl sites for hydroxylation is 1. The molecule has 0 heterocycles. The summed E-state index contributed by atoms with van der Waals surface area (Å²) in [5.74, 6) is -0.370. The minimum atomic E-state index is -3.75. The van der Waals surface area contributed by atoms with E-state index in [1.165, 1.54) is 31.3 Å². The molecule has 7 heteroatoms. The smallest absolute Gasteiger partial charge is 0.264 e. The first kappa shape index (κ1) is 20.9. The van der Waals surface area contributed by atoms with E-state index < -0.39 is 10.0 Å². The first-order chi connectivity index (χ1) is 13.8. The van der Waals surface area contributed by atoms with Crippen molar-refractivity contribution in [2.75, 3.05) is 11.4 Å². The van der Waals surface area contributed by atoms with Crippen LogP contribution in [0.2, 0.25) is 5.02 Å². The number of hydrogen-bond donors (Lipinski definition) is 1. The number of amides is 1. The second-order valence-corrected chi connectivity index (χ2v) is 8.94. The maximum absolute atomic E-state index is 12.8. The number of sulfonamides is 1. The summed E-state index contributed by atoms with van der Waals surface area (Å²) < 4.78 is 26.8. The lowest BCUT2D eigenvalue weighted by Crippen LogP contribution is -2.28. The fourth-order valence-electron chi connectivity index (χ4n) is 2.85. The normalized spacial score (nSPS) is 11.1. The van der Waals surface area contributed by atoms with E-state index in [0.29, 0.717) is 12.2 Å². The SMILES string of the molecule is Cc1ccccc1CNC(=O)c1cc(N(C)S(=O)(=O)c2ccccc2)ccc1Cl. The number of anilines is 1. The minimum Gasteiger partial charge on any atom is -0.348 e. The molecule has 0 bridgehead atoms. The van der Waals surface area contributed by atoms with Crippen LogP contribution < -0.4 is 9.62 Å². The topological polar surface area (TPSA) is 66.5 Å². The molecule has 0 aliphatic rings. The Hall–Kier alpha value is -2.83. The second-order valence-electron chi connectivity index (χ2n) is 6.56. The summed E-state index contributed by atoms with van der Waals surface area (Å²) in [6, 6.07) is 20.4. The third kappa shape index (κ3) is 4.60. The summed E-state index contributed by atoms with van der Waals surface area (Å²) >= 11 is 6.21. The van der Waals surface area contributed by atoms with E-state index in [4.69, 9.17) is 11.6 Å². The average molecular weight is 429 g/mol. The van der Waals surface area contributed by atoms with Crippen molar-refractivity contribution < 1.29 is 13.2 Å². The molecule has 0 saturated heterocycles. The molecule has 29 heavy (non-hydrogen) atoms. The molecule has 0 radical (unpaired) electrons. The van der Waals surface area contributed by atoms with Crippen molar-refractivity contribution in [1.82, 2.24) is 5.32 Å². The van der Waals surface area contributed by atoms with Crippen molar-refractivity contribution in [1.29, 1.82) is 0 Å². The molecule has 0 atom stereocenters. The van der Waals surface area contributed by atoms with Gasteiger partial charge in [-0.05, 0) is 48.4 Å². The van der Waals surface area contributed by atoms with E-state index in [-0.39, 0.29) is 21.4 Å². The molecule has 0 aromatic heterocycles. The lowest BCUT2D eigenvalue weighted by molar-refractivity contribution is 0.0951. The Morgan fingerprint density at radius 2 is 1.66 bits per heavy atom. The molecule has 0 unspecified atom stereocenters. The number of hydrogen-bond acceptors (Lipinski definition) is 3. The summed E-state index contributed by atoms with van der Waals surface area (Å²) in [6.45, 7) is 2.32. The average Bonchev–Trinajstić information content (AvgIpc) is 2.73. The minimum absolute atomic E-state index is 0.169. The maximum Gasteiger partial charge on any atom is 0.264 e. The van der Waals surface area contributed by atoms with Crippen LogP contribution in [-0.2, 0) is 16.6 Å². The zero-order valence-corrected chi connectivity index (χ0v) is 17.7. The molecule has 0 saturated carbocycles. The van der Waals surface area contributed by atoms with Crippen LogP contribution in [-0.4, -0.2) is 21.4 Å². The molecule has 0 aliphatic carbocycles. The quantitative estimate of drug-likeness (QED) is 0.632. The predicted molar refractivity (Wildman–Crippen MR) is 116 cm³/mol. The molecule has 150 valence electrons. The van der Waals surface area contributed by atoms with Crippen LogP contribution in [0.15, 0.2) is 77.7 Å². The third-order valence-electron chi connectivity index (χ3n) is 4.66. The fourth-order valence-corrected chi connectivity index (χ4v) is 4.26. The standard InChI is InChI=1S/C22H21ClN2O3S/c1-16-8-6-7-9-17(16)15-24-22(26)20-14-18(12-13-21(20)23)25(2)29(27,28)19-10-4-3-5-11-19/h3-14H,15H2,1-2H3,(H,24,26). The maximum atomic E-state index is 12.8. The van der Waals surface area contributed by atoms with E-state index in [0.717, 1.165) is 15.4 Å². The van der Waals surface area contributed by atoms with Gasteiger partial charge in [0.05, 0.1) is 21.2 Å². The molecule has 0 spiro atoms. The van der Waals surface area contributed by atoms with Gasteiger partial charge in [-0.1, -0.05) is 54.1 Å². The van der Waals surface area contributed by atoms with Crippen molar-refractivity contribution in [3.8, 4) is 0 Å². The number of benzene rings is 3. The molecule has 5 nitrogen and oxygen atoms in total. The van der Waals surface area contributed by atoms with Crippen LogP contribution >= 0.6 is 11.6 Å². The van der Waals surface area contributed by atoms with Crippen LogP contribution in [0.3, 0.4) is 0 Å². The van der Waals surface area contributed by atoms with Gasteiger partial charge in [-0.25, -0.2) is 8.42 Å². The van der Waals surface area contributed by atoms with E-state index in [1.54, 1.807) is 24.3 Å². The van der Waals surface area contributed by atoms with Crippen molar-refractivity contribution in [3.05, 3.63) is 94.5 Å². The first-order valence-electron chi connectivity index (χ1n) is 8.97. The number of carbonyl (C=O) groups excluding carboxylic acids is 1. The number of rotatable bonds is 6. The first-order valence-corrected chi connectivity index (χ1v) is 10.8. The summed E-state index contributed by atoms with van der Waals surface area (Å²) in [7, 11) is -2.30. The van der Waals surface area contributed by atoms with E-state index >= 15 is 0 Å². The van der Waals surface area contributed by atoms with Gasteiger partial charge in [-0.15, -0.1) is 0 Å². The number of halogens is 1. The van der Waals surface area contributed by atoms with Gasteiger partial charge in [0.25, 0.3) is 15.9 Å². The van der Waals surface area contributed by atoms with Gasteiger partial charge in [0.2, 0.25) is 0 Å². The Labute approximate surface area is 176 Å². The molecule has 3 aromatic rings. The van der Waals surface area contributed by atoms with Gasteiger partial charge >= 0.3 is 0 Å². The van der Waals surface area contributed by atoms with Crippen LogP contribution in [0.5, 0.6) is 0 Å². The number of nitrogens with one attached hydrogen (secondary N) is 1.